The van der Waals surface area contributed by atoms with Gasteiger partial charge in [-0.25, -0.2) is 4.79 Å². The van der Waals surface area contributed by atoms with Crippen molar-refractivity contribution in [3.8, 4) is 17.9 Å². The van der Waals surface area contributed by atoms with Crippen LogP contribution in [0.5, 0.6) is 5.75 Å². The Morgan fingerprint density at radius 3 is 2.78 bits per heavy atom. The first-order valence-corrected chi connectivity index (χ1v) is 4.87. The SMILES string of the molecule is N#CC(C#N)=CNc1cccc(OCC(=O)O)c1. The Morgan fingerprint density at radius 2 is 2.17 bits per heavy atom. The van der Waals surface area contributed by atoms with Crippen LogP contribution in [0.15, 0.2) is 36.0 Å². The number of hydrogen-bond donors (Lipinski definition) is 2. The molecule has 6 heteroatoms. The lowest BCUT2D eigenvalue weighted by atomic mass is 10.3. The number of rotatable bonds is 5. The minimum absolute atomic E-state index is 0.0631. The fourth-order valence-electron chi connectivity index (χ4n) is 1.07. The average molecular weight is 243 g/mol. The number of carboxylic acids is 1. The lowest BCUT2D eigenvalue weighted by molar-refractivity contribution is -0.139. The second kappa shape index (κ2) is 6.56. The summed E-state index contributed by atoms with van der Waals surface area (Å²) in [4.78, 5) is 10.3. The molecule has 0 saturated heterocycles. The van der Waals surface area contributed by atoms with E-state index in [1.54, 1.807) is 36.4 Å². The Bertz CT molecular complexity index is 536. The van der Waals surface area contributed by atoms with Crippen LogP contribution in [0, 0.1) is 22.7 Å². The zero-order valence-electron chi connectivity index (χ0n) is 9.25. The van der Waals surface area contributed by atoms with Crippen LogP contribution in [0.1, 0.15) is 0 Å². The Kier molecular flexibility index (Phi) is 4.77. The third kappa shape index (κ3) is 4.25. The van der Waals surface area contributed by atoms with Gasteiger partial charge in [0.25, 0.3) is 0 Å². The summed E-state index contributed by atoms with van der Waals surface area (Å²) in [6.07, 6.45) is 1.26. The molecule has 0 amide bonds. The van der Waals surface area contributed by atoms with Crippen molar-refractivity contribution >= 4 is 11.7 Å². The number of nitrogens with one attached hydrogen (secondary N) is 1. The summed E-state index contributed by atoms with van der Waals surface area (Å²) in [5.74, 6) is -0.684. The molecule has 90 valence electrons. The molecule has 2 N–H and O–H groups in total. The Hall–Kier alpha value is -2.99. The van der Waals surface area contributed by atoms with E-state index < -0.39 is 12.6 Å². The van der Waals surface area contributed by atoms with Crippen LogP contribution in [-0.2, 0) is 4.79 Å². The molecule has 18 heavy (non-hydrogen) atoms. The lowest BCUT2D eigenvalue weighted by Crippen LogP contribution is -2.09. The van der Waals surface area contributed by atoms with Gasteiger partial charge in [0.2, 0.25) is 0 Å². The van der Waals surface area contributed by atoms with Crippen molar-refractivity contribution in [3.63, 3.8) is 0 Å². The van der Waals surface area contributed by atoms with Crippen LogP contribution in [0.2, 0.25) is 0 Å². The number of aliphatic carboxylic acids is 1. The Morgan fingerprint density at radius 1 is 1.44 bits per heavy atom. The molecule has 1 aromatic rings. The van der Waals surface area contributed by atoms with Crippen molar-refractivity contribution in [3.05, 3.63) is 36.0 Å². The summed E-state index contributed by atoms with van der Waals surface area (Å²) < 4.78 is 4.98. The maximum Gasteiger partial charge on any atom is 0.341 e. The van der Waals surface area contributed by atoms with Crippen LogP contribution < -0.4 is 10.1 Å². The third-order valence-corrected chi connectivity index (χ3v) is 1.82. The van der Waals surface area contributed by atoms with Gasteiger partial charge >= 0.3 is 5.97 Å². The van der Waals surface area contributed by atoms with E-state index in [0.29, 0.717) is 11.4 Å². The molecule has 0 aliphatic heterocycles. The van der Waals surface area contributed by atoms with Gasteiger partial charge in [0.05, 0.1) is 0 Å². The highest BCUT2D eigenvalue weighted by atomic mass is 16.5. The van der Waals surface area contributed by atoms with Gasteiger partial charge in [0.1, 0.15) is 23.5 Å². The summed E-state index contributed by atoms with van der Waals surface area (Å²) >= 11 is 0. The van der Waals surface area contributed by atoms with E-state index in [2.05, 4.69) is 5.32 Å². The van der Waals surface area contributed by atoms with E-state index in [4.69, 9.17) is 20.4 Å². The number of hydrogen-bond acceptors (Lipinski definition) is 5. The van der Waals surface area contributed by atoms with E-state index in [0.717, 1.165) is 0 Å². The molecule has 0 fully saturated rings. The van der Waals surface area contributed by atoms with Gasteiger partial charge in [-0.05, 0) is 12.1 Å². The standard InChI is InChI=1S/C12H9N3O3/c13-5-9(6-14)7-15-10-2-1-3-11(4-10)18-8-12(16)17/h1-4,7,15H,8H2,(H,16,17). The molecule has 1 aromatic carbocycles. The zero-order chi connectivity index (χ0) is 13.4. The summed E-state index contributed by atoms with van der Waals surface area (Å²) in [6, 6.07) is 9.93. The maximum absolute atomic E-state index is 10.3. The lowest BCUT2D eigenvalue weighted by Gasteiger charge is -2.05. The number of nitrogens with zero attached hydrogens (tertiary/aromatic N) is 2. The third-order valence-electron chi connectivity index (χ3n) is 1.82. The number of allylic oxidation sites excluding steroid dienone is 1. The van der Waals surface area contributed by atoms with Crippen molar-refractivity contribution in [2.75, 3.05) is 11.9 Å². The first kappa shape index (κ1) is 13.1. The van der Waals surface area contributed by atoms with Crippen molar-refractivity contribution in [1.29, 1.82) is 10.5 Å². The predicted molar refractivity (Wildman–Crippen MR) is 62.5 cm³/mol. The van der Waals surface area contributed by atoms with Crippen LogP contribution >= 0.6 is 0 Å². The quantitative estimate of drug-likeness (QED) is 0.759. The molecule has 0 aromatic heterocycles. The maximum atomic E-state index is 10.3. The van der Waals surface area contributed by atoms with Gasteiger partial charge in [0.15, 0.2) is 6.61 Å². The first-order chi connectivity index (χ1) is 8.65. The van der Waals surface area contributed by atoms with E-state index in [1.165, 1.54) is 6.20 Å². The highest BCUT2D eigenvalue weighted by molar-refractivity contribution is 5.68. The number of anilines is 1. The summed E-state index contributed by atoms with van der Waals surface area (Å²) in [5.41, 5.74) is 0.521. The van der Waals surface area contributed by atoms with Crippen molar-refractivity contribution in [2.45, 2.75) is 0 Å². The van der Waals surface area contributed by atoms with E-state index in [9.17, 15) is 4.79 Å². The molecule has 0 bridgehead atoms. The molecule has 0 atom stereocenters. The molecule has 0 unspecified atom stereocenters. The van der Waals surface area contributed by atoms with Crippen LogP contribution in [0.25, 0.3) is 0 Å². The summed E-state index contributed by atoms with van der Waals surface area (Å²) in [5, 5.41) is 28.3. The van der Waals surface area contributed by atoms with E-state index >= 15 is 0 Å². The number of ether oxygens (including phenoxy) is 1. The first-order valence-electron chi connectivity index (χ1n) is 4.87. The normalized spacial score (nSPS) is 8.56. The van der Waals surface area contributed by atoms with Gasteiger partial charge in [-0.2, -0.15) is 10.5 Å². The molecule has 0 heterocycles. The van der Waals surface area contributed by atoms with Gasteiger partial charge in [-0.3, -0.25) is 0 Å². The molecule has 0 spiro atoms. The minimum Gasteiger partial charge on any atom is -0.482 e. The predicted octanol–water partition coefficient (Wildman–Crippen LogP) is 1.49. The summed E-state index contributed by atoms with van der Waals surface area (Å²) in [7, 11) is 0. The van der Waals surface area contributed by atoms with Gasteiger partial charge in [0, 0.05) is 18.0 Å². The molecule has 0 aliphatic rings. The van der Waals surface area contributed by atoms with Crippen LogP contribution in [0.3, 0.4) is 0 Å². The van der Waals surface area contributed by atoms with Crippen molar-refractivity contribution < 1.29 is 14.6 Å². The molecule has 0 radical (unpaired) electrons. The van der Waals surface area contributed by atoms with E-state index in [1.807, 2.05) is 0 Å². The Labute approximate surface area is 103 Å². The molecular weight excluding hydrogens is 234 g/mol. The molecule has 0 saturated carbocycles. The number of benzene rings is 1. The second-order valence-corrected chi connectivity index (χ2v) is 3.14. The van der Waals surface area contributed by atoms with Crippen LogP contribution in [0.4, 0.5) is 5.69 Å². The van der Waals surface area contributed by atoms with Crippen molar-refractivity contribution in [1.82, 2.24) is 0 Å². The second-order valence-electron chi connectivity index (χ2n) is 3.14. The number of carboxylic acid groups (broad SMARTS) is 1. The molecule has 1 rings (SSSR count). The molecule has 0 aliphatic carbocycles. The zero-order valence-corrected chi connectivity index (χ0v) is 9.25. The average Bonchev–Trinajstić information content (AvgIpc) is 2.38. The number of carbonyl (C=O) groups is 1. The van der Waals surface area contributed by atoms with Gasteiger partial charge in [-0.1, -0.05) is 6.07 Å². The van der Waals surface area contributed by atoms with E-state index in [-0.39, 0.29) is 5.57 Å². The fraction of sp³-hybridized carbons (Fsp3) is 0.0833. The largest absolute Gasteiger partial charge is 0.482 e. The fourth-order valence-corrected chi connectivity index (χ4v) is 1.07. The highest BCUT2D eigenvalue weighted by Gasteiger charge is 2.00. The van der Waals surface area contributed by atoms with Gasteiger partial charge < -0.3 is 15.2 Å². The monoisotopic (exact) mass is 243 g/mol. The molecular formula is C12H9N3O3. The minimum atomic E-state index is -1.07. The Balaban J connectivity index is 2.72. The topological polar surface area (TPSA) is 106 Å². The van der Waals surface area contributed by atoms with Crippen LogP contribution in [-0.4, -0.2) is 17.7 Å². The van der Waals surface area contributed by atoms with Gasteiger partial charge in [-0.15, -0.1) is 0 Å². The summed E-state index contributed by atoms with van der Waals surface area (Å²) in [6.45, 7) is -0.430. The smallest absolute Gasteiger partial charge is 0.341 e. The van der Waals surface area contributed by atoms with Crippen molar-refractivity contribution in [2.24, 2.45) is 0 Å². The molecule has 6 nitrogen and oxygen atoms in total. The number of nitriles is 2. The highest BCUT2D eigenvalue weighted by Crippen LogP contribution is 2.17.